The number of unbranched alkanes of at least 4 members (excludes halogenated alkanes) is 2. The molecule has 1 aromatic rings. The van der Waals surface area contributed by atoms with E-state index in [-0.39, 0.29) is 12.5 Å². The fourth-order valence-electron chi connectivity index (χ4n) is 2.87. The lowest BCUT2D eigenvalue weighted by molar-refractivity contribution is -0.123. The standard InChI is InChI=1S/C19H31N3O3/c1-21-12-14-22(15-13-21)11-7-3-6-10-20-19(23)16-25-18-9-5-4-8-17(18)24-2/h4-5,8-9H,3,6-7,10-16H2,1-2H3,(H,20,23). The summed E-state index contributed by atoms with van der Waals surface area (Å²) in [5, 5.41) is 2.91. The zero-order chi connectivity index (χ0) is 17.9. The van der Waals surface area contributed by atoms with Crippen LogP contribution in [0.25, 0.3) is 0 Å². The van der Waals surface area contributed by atoms with Crippen LogP contribution < -0.4 is 14.8 Å². The molecule has 0 aromatic heterocycles. The van der Waals surface area contributed by atoms with E-state index >= 15 is 0 Å². The van der Waals surface area contributed by atoms with Gasteiger partial charge < -0.3 is 24.6 Å². The van der Waals surface area contributed by atoms with Crippen molar-refractivity contribution < 1.29 is 14.3 Å². The van der Waals surface area contributed by atoms with Crippen LogP contribution in [0.5, 0.6) is 11.5 Å². The summed E-state index contributed by atoms with van der Waals surface area (Å²) in [5.74, 6) is 1.14. The molecular weight excluding hydrogens is 318 g/mol. The van der Waals surface area contributed by atoms with Gasteiger partial charge in [-0.1, -0.05) is 18.6 Å². The van der Waals surface area contributed by atoms with E-state index in [1.54, 1.807) is 13.2 Å². The van der Waals surface area contributed by atoms with Crippen molar-refractivity contribution in [2.45, 2.75) is 19.3 Å². The second-order valence-electron chi connectivity index (χ2n) is 6.50. The van der Waals surface area contributed by atoms with Crippen LogP contribution in [0.1, 0.15) is 19.3 Å². The Kier molecular flexibility index (Phi) is 8.55. The Morgan fingerprint density at radius 1 is 1.08 bits per heavy atom. The molecule has 2 rings (SSSR count). The van der Waals surface area contributed by atoms with Crippen LogP contribution in [-0.4, -0.2) is 75.7 Å². The van der Waals surface area contributed by atoms with Crippen LogP contribution in [0.4, 0.5) is 0 Å². The van der Waals surface area contributed by atoms with Crippen molar-refractivity contribution in [3.63, 3.8) is 0 Å². The van der Waals surface area contributed by atoms with E-state index in [2.05, 4.69) is 22.2 Å². The number of rotatable bonds is 10. The van der Waals surface area contributed by atoms with E-state index < -0.39 is 0 Å². The van der Waals surface area contributed by atoms with E-state index in [0.29, 0.717) is 18.0 Å². The number of hydrogen-bond donors (Lipinski definition) is 1. The van der Waals surface area contributed by atoms with Gasteiger partial charge in [-0.25, -0.2) is 0 Å². The molecule has 1 aliphatic rings. The minimum absolute atomic E-state index is 0.0155. The molecule has 1 amide bonds. The van der Waals surface area contributed by atoms with Crippen LogP contribution in [0, 0.1) is 0 Å². The normalized spacial score (nSPS) is 15.8. The lowest BCUT2D eigenvalue weighted by atomic mass is 10.2. The lowest BCUT2D eigenvalue weighted by Gasteiger charge is -2.32. The first-order valence-electron chi connectivity index (χ1n) is 9.12. The first-order valence-corrected chi connectivity index (χ1v) is 9.12. The number of piperazine rings is 1. The summed E-state index contributed by atoms with van der Waals surface area (Å²) in [6.45, 7) is 6.57. The van der Waals surface area contributed by atoms with Crippen LogP contribution in [0.15, 0.2) is 24.3 Å². The maximum absolute atomic E-state index is 11.8. The largest absolute Gasteiger partial charge is 0.493 e. The SMILES string of the molecule is COc1ccccc1OCC(=O)NCCCCCN1CCN(C)CC1. The molecule has 0 aliphatic carbocycles. The maximum atomic E-state index is 11.8. The van der Waals surface area contributed by atoms with Gasteiger partial charge in [-0.2, -0.15) is 0 Å². The van der Waals surface area contributed by atoms with E-state index in [1.807, 2.05) is 18.2 Å². The van der Waals surface area contributed by atoms with Crippen molar-refractivity contribution in [3.8, 4) is 11.5 Å². The minimum Gasteiger partial charge on any atom is -0.493 e. The molecule has 0 atom stereocenters. The maximum Gasteiger partial charge on any atom is 0.257 e. The second kappa shape index (κ2) is 10.9. The molecule has 1 heterocycles. The van der Waals surface area contributed by atoms with Crippen molar-refractivity contribution >= 4 is 5.91 Å². The molecule has 0 unspecified atom stereocenters. The number of likely N-dealkylation sites (N-methyl/N-ethyl adjacent to an activating group) is 1. The summed E-state index contributed by atoms with van der Waals surface area (Å²) in [6, 6.07) is 7.34. The zero-order valence-electron chi connectivity index (χ0n) is 15.5. The number of carbonyl (C=O) groups is 1. The molecule has 1 fully saturated rings. The summed E-state index contributed by atoms with van der Waals surface area (Å²) in [5.41, 5.74) is 0. The molecule has 6 nitrogen and oxygen atoms in total. The monoisotopic (exact) mass is 349 g/mol. The smallest absolute Gasteiger partial charge is 0.257 e. The Morgan fingerprint density at radius 2 is 1.80 bits per heavy atom. The van der Waals surface area contributed by atoms with E-state index in [1.165, 1.54) is 39.1 Å². The molecule has 0 bridgehead atoms. The van der Waals surface area contributed by atoms with Crippen molar-refractivity contribution in [2.24, 2.45) is 0 Å². The van der Waals surface area contributed by atoms with Gasteiger partial charge in [-0.3, -0.25) is 4.79 Å². The molecule has 25 heavy (non-hydrogen) atoms. The summed E-state index contributed by atoms with van der Waals surface area (Å²) in [7, 11) is 3.77. The zero-order valence-corrected chi connectivity index (χ0v) is 15.5. The quantitative estimate of drug-likeness (QED) is 0.651. The summed E-state index contributed by atoms with van der Waals surface area (Å²) in [4.78, 5) is 16.7. The number of amides is 1. The van der Waals surface area contributed by atoms with E-state index in [9.17, 15) is 4.79 Å². The molecule has 1 saturated heterocycles. The van der Waals surface area contributed by atoms with Gasteiger partial charge in [-0.05, 0) is 38.6 Å². The highest BCUT2D eigenvalue weighted by atomic mass is 16.5. The van der Waals surface area contributed by atoms with Gasteiger partial charge in [0.25, 0.3) is 5.91 Å². The molecule has 1 aromatic carbocycles. The van der Waals surface area contributed by atoms with Crippen LogP contribution in [0.2, 0.25) is 0 Å². The van der Waals surface area contributed by atoms with Gasteiger partial charge in [0.1, 0.15) is 0 Å². The summed E-state index contributed by atoms with van der Waals surface area (Å²) < 4.78 is 10.7. The first kappa shape index (κ1) is 19.5. The number of para-hydroxylation sites is 2. The third-order valence-corrected chi connectivity index (χ3v) is 4.50. The highest BCUT2D eigenvalue weighted by Crippen LogP contribution is 2.25. The van der Waals surface area contributed by atoms with Crippen LogP contribution in [-0.2, 0) is 4.79 Å². The van der Waals surface area contributed by atoms with Gasteiger partial charge in [-0.15, -0.1) is 0 Å². The molecule has 0 spiro atoms. The van der Waals surface area contributed by atoms with Gasteiger partial charge in [0, 0.05) is 32.7 Å². The van der Waals surface area contributed by atoms with Crippen LogP contribution >= 0.6 is 0 Å². The number of hydrogen-bond acceptors (Lipinski definition) is 5. The van der Waals surface area contributed by atoms with Crippen LogP contribution in [0.3, 0.4) is 0 Å². The molecule has 140 valence electrons. The highest BCUT2D eigenvalue weighted by molar-refractivity contribution is 5.77. The second-order valence-corrected chi connectivity index (χ2v) is 6.50. The van der Waals surface area contributed by atoms with E-state index in [0.717, 1.165) is 12.8 Å². The third kappa shape index (κ3) is 7.32. The topological polar surface area (TPSA) is 54.0 Å². The Hall–Kier alpha value is -1.79. The Balaban J connectivity index is 1.49. The summed E-state index contributed by atoms with van der Waals surface area (Å²) >= 11 is 0. The fourth-order valence-corrected chi connectivity index (χ4v) is 2.87. The third-order valence-electron chi connectivity index (χ3n) is 4.50. The molecule has 0 saturated carbocycles. The van der Waals surface area contributed by atoms with Crippen molar-refractivity contribution in [2.75, 3.05) is 60.0 Å². The number of nitrogens with one attached hydrogen (secondary N) is 1. The number of methoxy groups -OCH3 is 1. The predicted octanol–water partition coefficient (Wildman–Crippen LogP) is 1.61. The van der Waals surface area contributed by atoms with Gasteiger partial charge >= 0.3 is 0 Å². The van der Waals surface area contributed by atoms with Crippen molar-refractivity contribution in [1.29, 1.82) is 0 Å². The van der Waals surface area contributed by atoms with E-state index in [4.69, 9.17) is 9.47 Å². The van der Waals surface area contributed by atoms with Gasteiger partial charge in [0.15, 0.2) is 18.1 Å². The minimum atomic E-state index is -0.0926. The average molecular weight is 349 g/mol. The molecule has 1 N–H and O–H groups in total. The molecule has 0 radical (unpaired) electrons. The van der Waals surface area contributed by atoms with Gasteiger partial charge in [0.05, 0.1) is 7.11 Å². The average Bonchev–Trinajstić information content (AvgIpc) is 2.64. The molecular formula is C19H31N3O3. The number of benzene rings is 1. The molecule has 1 aliphatic heterocycles. The number of ether oxygens (including phenoxy) is 2. The number of carbonyl (C=O) groups excluding carboxylic acids is 1. The predicted molar refractivity (Wildman–Crippen MR) is 99.3 cm³/mol. The fraction of sp³-hybridized carbons (Fsp3) is 0.632. The molecule has 6 heteroatoms. The van der Waals surface area contributed by atoms with Crippen molar-refractivity contribution in [3.05, 3.63) is 24.3 Å². The first-order chi connectivity index (χ1) is 12.2. The van der Waals surface area contributed by atoms with Crippen molar-refractivity contribution in [1.82, 2.24) is 15.1 Å². The highest BCUT2D eigenvalue weighted by Gasteiger charge is 2.12. The Morgan fingerprint density at radius 3 is 2.52 bits per heavy atom. The van der Waals surface area contributed by atoms with Gasteiger partial charge in [0.2, 0.25) is 0 Å². The Labute approximate surface area is 151 Å². The Bertz CT molecular complexity index is 516. The number of nitrogens with zero attached hydrogens (tertiary/aromatic N) is 2. The lowest BCUT2D eigenvalue weighted by Crippen LogP contribution is -2.44. The summed E-state index contributed by atoms with van der Waals surface area (Å²) in [6.07, 6.45) is 3.34.